The summed E-state index contributed by atoms with van der Waals surface area (Å²) in [5, 5.41) is 2.96. The van der Waals surface area contributed by atoms with Crippen LogP contribution in [0.3, 0.4) is 0 Å². The molecule has 1 N–H and O–H groups in total. The summed E-state index contributed by atoms with van der Waals surface area (Å²) < 4.78 is 0. The maximum atomic E-state index is 10.9. The van der Waals surface area contributed by atoms with Crippen molar-refractivity contribution in [1.82, 2.24) is 10.3 Å². The number of nitrogens with zero attached hydrogens (tertiary/aromatic N) is 1. The molecule has 0 aromatic carbocycles. The summed E-state index contributed by atoms with van der Waals surface area (Å²) in [6, 6.07) is 4.34. The summed E-state index contributed by atoms with van der Waals surface area (Å²) in [5.74, 6) is 0.0577. The van der Waals surface area contributed by atoms with Crippen LogP contribution in [0.5, 0.6) is 0 Å². The van der Waals surface area contributed by atoms with Crippen molar-refractivity contribution in [2.45, 2.75) is 32.2 Å². The third kappa shape index (κ3) is 1.92. The first-order chi connectivity index (χ1) is 6.75. The summed E-state index contributed by atoms with van der Waals surface area (Å²) in [7, 11) is 0. The van der Waals surface area contributed by atoms with Crippen molar-refractivity contribution >= 4 is 5.91 Å². The smallest absolute Gasteiger partial charge is 0.217 e. The molecule has 1 aliphatic rings. The van der Waals surface area contributed by atoms with Crippen molar-refractivity contribution in [2.24, 2.45) is 0 Å². The van der Waals surface area contributed by atoms with Crippen LogP contribution in [-0.4, -0.2) is 16.9 Å². The molecule has 0 unspecified atom stereocenters. The van der Waals surface area contributed by atoms with Crippen LogP contribution in [0.15, 0.2) is 18.3 Å². The third-order valence-electron chi connectivity index (χ3n) is 2.59. The van der Waals surface area contributed by atoms with Crippen molar-refractivity contribution in [3.8, 4) is 0 Å². The van der Waals surface area contributed by atoms with Crippen molar-refractivity contribution in [1.29, 1.82) is 0 Å². The number of aryl methyl sites for hydroxylation is 1. The van der Waals surface area contributed by atoms with E-state index >= 15 is 0 Å². The molecule has 74 valence electrons. The maximum Gasteiger partial charge on any atom is 0.217 e. The highest BCUT2D eigenvalue weighted by atomic mass is 16.1. The standard InChI is InChI=1S/C11H14N2O/c1-8(14)13-10-4-5-11-9(7-10)3-2-6-12-11/h2-3,6,10H,4-5,7H2,1H3,(H,13,14)/t10-/m1/s1. The lowest BCUT2D eigenvalue weighted by Gasteiger charge is -2.23. The molecule has 3 heteroatoms. The normalized spacial score (nSPS) is 19.9. The molecule has 1 atom stereocenters. The topological polar surface area (TPSA) is 42.0 Å². The highest BCUT2D eigenvalue weighted by Gasteiger charge is 2.19. The molecule has 1 heterocycles. The van der Waals surface area contributed by atoms with E-state index in [1.165, 1.54) is 11.3 Å². The number of fused-ring (bicyclic) bond motifs is 1. The van der Waals surface area contributed by atoms with Crippen LogP contribution in [0, 0.1) is 0 Å². The molecule has 0 saturated heterocycles. The van der Waals surface area contributed by atoms with Gasteiger partial charge in [0.1, 0.15) is 0 Å². The second-order valence-electron chi connectivity index (χ2n) is 3.75. The Morgan fingerprint density at radius 1 is 1.64 bits per heavy atom. The van der Waals surface area contributed by atoms with E-state index in [0.717, 1.165) is 19.3 Å². The molecule has 1 aromatic heterocycles. The van der Waals surface area contributed by atoms with Crippen LogP contribution in [0.4, 0.5) is 0 Å². The first-order valence-electron chi connectivity index (χ1n) is 4.95. The first kappa shape index (κ1) is 9.19. The van der Waals surface area contributed by atoms with Gasteiger partial charge in [0.05, 0.1) is 0 Å². The van der Waals surface area contributed by atoms with Gasteiger partial charge in [0.25, 0.3) is 0 Å². The number of carbonyl (C=O) groups excluding carboxylic acids is 1. The minimum absolute atomic E-state index is 0.0577. The number of rotatable bonds is 1. The Bertz CT molecular complexity index is 349. The maximum absolute atomic E-state index is 10.9. The summed E-state index contributed by atoms with van der Waals surface area (Å²) in [6.07, 6.45) is 4.73. The lowest BCUT2D eigenvalue weighted by Crippen LogP contribution is -2.37. The highest BCUT2D eigenvalue weighted by molar-refractivity contribution is 5.73. The number of hydrogen-bond acceptors (Lipinski definition) is 2. The Labute approximate surface area is 83.5 Å². The highest BCUT2D eigenvalue weighted by Crippen LogP contribution is 2.18. The Balaban J connectivity index is 2.09. The summed E-state index contributed by atoms with van der Waals surface area (Å²) in [6.45, 7) is 1.57. The number of nitrogens with one attached hydrogen (secondary N) is 1. The Morgan fingerprint density at radius 2 is 2.50 bits per heavy atom. The summed E-state index contributed by atoms with van der Waals surface area (Å²) in [4.78, 5) is 15.2. The van der Waals surface area contributed by atoms with Crippen molar-refractivity contribution < 1.29 is 4.79 Å². The molecular formula is C11H14N2O. The zero-order valence-corrected chi connectivity index (χ0v) is 8.29. The first-order valence-corrected chi connectivity index (χ1v) is 4.95. The lowest BCUT2D eigenvalue weighted by atomic mass is 9.92. The quantitative estimate of drug-likeness (QED) is 0.720. The average Bonchev–Trinajstić information content (AvgIpc) is 2.17. The van der Waals surface area contributed by atoms with Gasteiger partial charge >= 0.3 is 0 Å². The van der Waals surface area contributed by atoms with E-state index in [1.807, 2.05) is 12.3 Å². The number of carbonyl (C=O) groups is 1. The fourth-order valence-electron chi connectivity index (χ4n) is 1.97. The number of amides is 1. The van der Waals surface area contributed by atoms with E-state index in [-0.39, 0.29) is 5.91 Å². The lowest BCUT2D eigenvalue weighted by molar-refractivity contribution is -0.119. The van der Waals surface area contributed by atoms with Gasteiger partial charge in [-0.15, -0.1) is 0 Å². The second-order valence-corrected chi connectivity index (χ2v) is 3.75. The largest absolute Gasteiger partial charge is 0.353 e. The van der Waals surface area contributed by atoms with Crippen LogP contribution in [0.1, 0.15) is 24.6 Å². The SMILES string of the molecule is CC(=O)N[C@@H]1CCc2ncccc2C1. The van der Waals surface area contributed by atoms with Crippen LogP contribution in [0.25, 0.3) is 0 Å². The Hall–Kier alpha value is -1.38. The molecule has 1 aromatic rings. The molecule has 14 heavy (non-hydrogen) atoms. The molecule has 2 rings (SSSR count). The van der Waals surface area contributed by atoms with E-state index in [1.54, 1.807) is 6.92 Å². The molecule has 1 aliphatic carbocycles. The van der Waals surface area contributed by atoms with E-state index < -0.39 is 0 Å². The molecule has 0 radical (unpaired) electrons. The van der Waals surface area contributed by atoms with Gasteiger partial charge in [-0.05, 0) is 30.9 Å². The van der Waals surface area contributed by atoms with Crippen molar-refractivity contribution in [3.05, 3.63) is 29.6 Å². The number of hydrogen-bond donors (Lipinski definition) is 1. The van der Waals surface area contributed by atoms with Crippen LogP contribution in [0.2, 0.25) is 0 Å². The average molecular weight is 190 g/mol. The van der Waals surface area contributed by atoms with Gasteiger partial charge in [-0.3, -0.25) is 9.78 Å². The molecular weight excluding hydrogens is 176 g/mol. The molecule has 0 aliphatic heterocycles. The van der Waals surface area contributed by atoms with Gasteiger partial charge in [0.15, 0.2) is 0 Å². The molecule has 0 saturated carbocycles. The van der Waals surface area contributed by atoms with E-state index in [2.05, 4.69) is 16.4 Å². The van der Waals surface area contributed by atoms with E-state index in [4.69, 9.17) is 0 Å². The van der Waals surface area contributed by atoms with Gasteiger partial charge in [-0.2, -0.15) is 0 Å². The van der Waals surface area contributed by atoms with Crippen molar-refractivity contribution in [2.75, 3.05) is 0 Å². The molecule has 1 amide bonds. The van der Waals surface area contributed by atoms with Gasteiger partial charge in [0, 0.05) is 24.9 Å². The van der Waals surface area contributed by atoms with Crippen molar-refractivity contribution in [3.63, 3.8) is 0 Å². The zero-order valence-electron chi connectivity index (χ0n) is 8.29. The van der Waals surface area contributed by atoms with E-state index in [0.29, 0.717) is 6.04 Å². The van der Waals surface area contributed by atoms with Crippen LogP contribution in [-0.2, 0) is 17.6 Å². The second kappa shape index (κ2) is 3.78. The number of aromatic nitrogens is 1. The van der Waals surface area contributed by atoms with Gasteiger partial charge in [-0.25, -0.2) is 0 Å². The Morgan fingerprint density at radius 3 is 3.29 bits per heavy atom. The molecule has 3 nitrogen and oxygen atoms in total. The van der Waals surface area contributed by atoms with E-state index in [9.17, 15) is 4.79 Å². The summed E-state index contributed by atoms with van der Waals surface area (Å²) in [5.41, 5.74) is 2.46. The molecule has 0 spiro atoms. The van der Waals surface area contributed by atoms with Gasteiger partial charge in [0.2, 0.25) is 5.91 Å². The Kier molecular flexibility index (Phi) is 2.48. The third-order valence-corrected chi connectivity index (χ3v) is 2.59. The van der Waals surface area contributed by atoms with Crippen LogP contribution >= 0.6 is 0 Å². The minimum atomic E-state index is 0.0577. The number of pyridine rings is 1. The molecule has 0 fully saturated rings. The molecule has 0 bridgehead atoms. The fraction of sp³-hybridized carbons (Fsp3) is 0.455. The predicted octanol–water partition coefficient (Wildman–Crippen LogP) is 1.07. The van der Waals surface area contributed by atoms with Gasteiger partial charge in [-0.1, -0.05) is 6.07 Å². The fourth-order valence-corrected chi connectivity index (χ4v) is 1.97. The monoisotopic (exact) mass is 190 g/mol. The summed E-state index contributed by atoms with van der Waals surface area (Å²) >= 11 is 0. The predicted molar refractivity (Wildman–Crippen MR) is 53.9 cm³/mol. The van der Waals surface area contributed by atoms with Crippen LogP contribution < -0.4 is 5.32 Å². The van der Waals surface area contributed by atoms with Gasteiger partial charge < -0.3 is 5.32 Å². The zero-order chi connectivity index (χ0) is 9.97. The minimum Gasteiger partial charge on any atom is -0.353 e.